The third-order valence-electron chi connectivity index (χ3n) is 5.65. The minimum Gasteiger partial charge on any atom is -0.452 e. The number of carbonyl (C=O) groups excluding carboxylic acids is 3. The van der Waals surface area contributed by atoms with E-state index in [0.29, 0.717) is 23.7 Å². The number of carbonyl (C=O) groups is 3. The number of benzene rings is 3. The summed E-state index contributed by atoms with van der Waals surface area (Å²) in [7, 11) is -3.64. The van der Waals surface area contributed by atoms with Crippen molar-refractivity contribution in [2.45, 2.75) is 17.7 Å². The molecule has 0 saturated carbocycles. The van der Waals surface area contributed by atoms with Gasteiger partial charge in [0.15, 0.2) is 12.4 Å². The van der Waals surface area contributed by atoms with Gasteiger partial charge in [-0.3, -0.25) is 9.59 Å². The van der Waals surface area contributed by atoms with Crippen LogP contribution in [0.15, 0.2) is 77.7 Å². The maximum Gasteiger partial charge on any atom is 0.339 e. The zero-order valence-corrected chi connectivity index (χ0v) is 20.7. The van der Waals surface area contributed by atoms with Crippen molar-refractivity contribution in [3.8, 4) is 0 Å². The first-order valence-electron chi connectivity index (χ1n) is 11.2. The van der Waals surface area contributed by atoms with Crippen LogP contribution >= 0.6 is 11.6 Å². The quantitative estimate of drug-likeness (QED) is 0.349. The first kappa shape index (κ1) is 25.6. The highest BCUT2D eigenvalue weighted by Crippen LogP contribution is 2.23. The lowest BCUT2D eigenvalue weighted by molar-refractivity contribution is -0.119. The molecule has 3 aromatic rings. The van der Waals surface area contributed by atoms with E-state index in [1.54, 1.807) is 42.5 Å². The maximum atomic E-state index is 12.9. The third-order valence-corrected chi connectivity index (χ3v) is 7.80. The van der Waals surface area contributed by atoms with Crippen LogP contribution in [-0.2, 0) is 19.6 Å². The van der Waals surface area contributed by atoms with Gasteiger partial charge in [-0.1, -0.05) is 35.9 Å². The molecule has 0 aliphatic carbocycles. The number of anilines is 1. The van der Waals surface area contributed by atoms with Gasteiger partial charge in [0.25, 0.3) is 5.91 Å². The van der Waals surface area contributed by atoms with E-state index in [0.717, 1.165) is 12.8 Å². The van der Waals surface area contributed by atoms with Gasteiger partial charge in [-0.25, -0.2) is 13.2 Å². The molecule has 0 spiro atoms. The predicted octanol–water partition coefficient (Wildman–Crippen LogP) is 4.15. The van der Waals surface area contributed by atoms with Crippen molar-refractivity contribution in [2.24, 2.45) is 0 Å². The highest BCUT2D eigenvalue weighted by Gasteiger charge is 2.27. The number of halogens is 1. The highest BCUT2D eigenvalue weighted by molar-refractivity contribution is 7.89. The van der Waals surface area contributed by atoms with Gasteiger partial charge in [-0.2, -0.15) is 4.31 Å². The Bertz CT molecular complexity index is 1400. The molecule has 10 heteroatoms. The molecule has 0 bridgehead atoms. The summed E-state index contributed by atoms with van der Waals surface area (Å²) in [6.07, 6.45) is 1.63. The lowest BCUT2D eigenvalue weighted by atomic mass is 9.98. The van der Waals surface area contributed by atoms with Crippen molar-refractivity contribution in [3.05, 3.63) is 94.5 Å². The van der Waals surface area contributed by atoms with Crippen LogP contribution in [0.1, 0.15) is 39.1 Å². The van der Waals surface area contributed by atoms with Crippen molar-refractivity contribution in [1.82, 2.24) is 4.31 Å². The second-order valence-electron chi connectivity index (χ2n) is 8.14. The first-order chi connectivity index (χ1) is 17.3. The Balaban J connectivity index is 1.41. The van der Waals surface area contributed by atoms with E-state index in [2.05, 4.69) is 5.32 Å². The predicted molar refractivity (Wildman–Crippen MR) is 135 cm³/mol. The van der Waals surface area contributed by atoms with Crippen LogP contribution < -0.4 is 5.32 Å². The number of ketones is 1. The number of rotatable bonds is 8. The summed E-state index contributed by atoms with van der Waals surface area (Å²) in [4.78, 5) is 38.1. The van der Waals surface area contributed by atoms with E-state index < -0.39 is 28.5 Å². The van der Waals surface area contributed by atoms with Crippen LogP contribution in [0.25, 0.3) is 0 Å². The van der Waals surface area contributed by atoms with Gasteiger partial charge in [-0.05, 0) is 61.4 Å². The molecule has 36 heavy (non-hydrogen) atoms. The average Bonchev–Trinajstić information content (AvgIpc) is 3.44. The van der Waals surface area contributed by atoms with E-state index in [1.165, 1.54) is 34.6 Å². The number of hydrogen-bond acceptors (Lipinski definition) is 6. The van der Waals surface area contributed by atoms with Crippen LogP contribution in [-0.4, -0.2) is 50.1 Å². The van der Waals surface area contributed by atoms with Gasteiger partial charge >= 0.3 is 5.97 Å². The summed E-state index contributed by atoms with van der Waals surface area (Å²) in [5.41, 5.74) is 0.754. The number of esters is 1. The van der Waals surface area contributed by atoms with Crippen molar-refractivity contribution in [2.75, 3.05) is 25.0 Å². The lowest BCUT2D eigenvalue weighted by Gasteiger charge is -2.16. The van der Waals surface area contributed by atoms with Crippen molar-refractivity contribution >= 4 is 45.0 Å². The van der Waals surface area contributed by atoms with E-state index in [9.17, 15) is 22.8 Å². The molecule has 186 valence electrons. The van der Waals surface area contributed by atoms with Crippen LogP contribution in [0, 0.1) is 0 Å². The van der Waals surface area contributed by atoms with E-state index in [-0.39, 0.29) is 27.5 Å². The molecule has 1 aliphatic heterocycles. The van der Waals surface area contributed by atoms with Crippen molar-refractivity contribution < 1.29 is 27.5 Å². The molecule has 0 atom stereocenters. The van der Waals surface area contributed by atoms with Crippen LogP contribution in [0.4, 0.5) is 5.69 Å². The average molecular weight is 527 g/mol. The third kappa shape index (κ3) is 5.81. The van der Waals surface area contributed by atoms with Gasteiger partial charge in [0.1, 0.15) is 0 Å². The molecule has 3 aromatic carbocycles. The Kier molecular flexibility index (Phi) is 7.83. The normalized spacial score (nSPS) is 13.8. The summed E-state index contributed by atoms with van der Waals surface area (Å²) in [5, 5.41) is 3.02. The van der Waals surface area contributed by atoms with Crippen molar-refractivity contribution in [1.29, 1.82) is 0 Å². The van der Waals surface area contributed by atoms with Gasteiger partial charge in [0.05, 0.1) is 10.5 Å². The molecule has 8 nitrogen and oxygen atoms in total. The molecule has 1 saturated heterocycles. The zero-order valence-electron chi connectivity index (χ0n) is 19.1. The highest BCUT2D eigenvalue weighted by atomic mass is 35.5. The Labute approximate surface area is 213 Å². The molecular weight excluding hydrogens is 504 g/mol. The number of ether oxygens (including phenoxy) is 1. The zero-order chi connectivity index (χ0) is 25.7. The second-order valence-corrected chi connectivity index (χ2v) is 10.5. The Morgan fingerprint density at radius 1 is 0.889 bits per heavy atom. The standard InChI is InChI=1S/C26H23ClN2O6S/c27-19-12-10-18(11-13-19)25(31)22-8-1-2-9-23(22)26(32)35-17-24(30)28-20-6-5-7-21(16-20)36(33,34)29-14-3-4-15-29/h1-2,5-13,16H,3-4,14-15,17H2,(H,28,30). The lowest BCUT2D eigenvalue weighted by Crippen LogP contribution is -2.28. The largest absolute Gasteiger partial charge is 0.452 e. The van der Waals surface area contributed by atoms with Crippen molar-refractivity contribution in [3.63, 3.8) is 0 Å². The Morgan fingerprint density at radius 2 is 1.56 bits per heavy atom. The molecule has 1 heterocycles. The topological polar surface area (TPSA) is 110 Å². The maximum absolute atomic E-state index is 12.9. The van der Waals surface area contributed by atoms with Gasteiger partial charge in [-0.15, -0.1) is 0 Å². The second kappa shape index (κ2) is 11.0. The Morgan fingerprint density at radius 3 is 2.25 bits per heavy atom. The monoisotopic (exact) mass is 526 g/mol. The summed E-state index contributed by atoms with van der Waals surface area (Å²) < 4.78 is 32.1. The van der Waals surface area contributed by atoms with Gasteiger partial charge < -0.3 is 10.1 Å². The van der Waals surface area contributed by atoms with Crippen LogP contribution in [0.5, 0.6) is 0 Å². The fourth-order valence-corrected chi connectivity index (χ4v) is 5.52. The number of nitrogens with one attached hydrogen (secondary N) is 1. The fourth-order valence-electron chi connectivity index (χ4n) is 3.83. The SMILES string of the molecule is O=C(COC(=O)c1ccccc1C(=O)c1ccc(Cl)cc1)Nc1cccc(S(=O)(=O)N2CCCC2)c1. The summed E-state index contributed by atoms with van der Waals surface area (Å²) >= 11 is 5.88. The number of nitrogens with zero attached hydrogens (tertiary/aromatic N) is 1. The number of hydrogen-bond donors (Lipinski definition) is 1. The molecule has 1 amide bonds. The Hall–Kier alpha value is -3.53. The minimum absolute atomic E-state index is 0.0175. The van der Waals surface area contributed by atoms with E-state index >= 15 is 0 Å². The molecule has 4 rings (SSSR count). The molecule has 0 unspecified atom stereocenters. The molecule has 0 radical (unpaired) electrons. The molecule has 1 aliphatic rings. The summed E-state index contributed by atoms with van der Waals surface area (Å²) in [6.45, 7) is 0.319. The molecule has 1 N–H and O–H groups in total. The van der Waals surface area contributed by atoms with Gasteiger partial charge in [0, 0.05) is 34.9 Å². The van der Waals surface area contributed by atoms with E-state index in [1.807, 2.05) is 0 Å². The molecule has 1 fully saturated rings. The number of amides is 1. The number of sulfonamides is 1. The smallest absolute Gasteiger partial charge is 0.339 e. The molecular formula is C26H23ClN2O6S. The first-order valence-corrected chi connectivity index (χ1v) is 13.0. The summed E-state index contributed by atoms with van der Waals surface area (Å²) in [6, 6.07) is 18.3. The van der Waals surface area contributed by atoms with E-state index in [4.69, 9.17) is 16.3 Å². The summed E-state index contributed by atoms with van der Waals surface area (Å²) in [5.74, 6) is -1.88. The minimum atomic E-state index is -3.64. The molecule has 0 aromatic heterocycles. The fraction of sp³-hybridized carbons (Fsp3) is 0.192. The van der Waals surface area contributed by atoms with Crippen LogP contribution in [0.2, 0.25) is 5.02 Å². The van der Waals surface area contributed by atoms with Crippen LogP contribution in [0.3, 0.4) is 0 Å². The van der Waals surface area contributed by atoms with Gasteiger partial charge in [0.2, 0.25) is 10.0 Å².